The molecule has 35 heavy (non-hydrogen) atoms. The summed E-state index contributed by atoms with van der Waals surface area (Å²) in [7, 11) is 1.28. The number of aromatic carboxylic acids is 2. The van der Waals surface area contributed by atoms with Crippen LogP contribution in [0.15, 0.2) is 50.1 Å². The van der Waals surface area contributed by atoms with E-state index in [2.05, 4.69) is 25.5 Å². The molecule has 14 heteroatoms. The summed E-state index contributed by atoms with van der Waals surface area (Å²) in [4.78, 5) is 75.4. The SMILES string of the molecule is COc1cc2[nH]c(=O)c(=O)[nH]c2cc1NC(=O)C(/N=N/c1cc(C(=O)O)ccc1C(=O)O)C(C)=O. The second kappa shape index (κ2) is 9.78. The average Bonchev–Trinajstić information content (AvgIpc) is 2.79. The van der Waals surface area contributed by atoms with Gasteiger partial charge in [0, 0.05) is 6.07 Å². The Bertz CT molecular complexity index is 1520. The third kappa shape index (κ3) is 5.27. The topological polar surface area (TPSA) is 220 Å². The van der Waals surface area contributed by atoms with Crippen LogP contribution in [0.5, 0.6) is 5.75 Å². The molecule has 0 aliphatic rings. The van der Waals surface area contributed by atoms with Gasteiger partial charge in [0.1, 0.15) is 11.4 Å². The summed E-state index contributed by atoms with van der Waals surface area (Å²) < 4.78 is 5.18. The quantitative estimate of drug-likeness (QED) is 0.177. The van der Waals surface area contributed by atoms with Crippen LogP contribution in [-0.2, 0) is 9.59 Å². The van der Waals surface area contributed by atoms with Crippen LogP contribution < -0.4 is 21.2 Å². The summed E-state index contributed by atoms with van der Waals surface area (Å²) in [5, 5.41) is 28.1. The second-order valence-electron chi connectivity index (χ2n) is 7.07. The van der Waals surface area contributed by atoms with Crippen LogP contribution in [0, 0.1) is 0 Å². The molecule has 1 aromatic heterocycles. The minimum Gasteiger partial charge on any atom is -0.494 e. The third-order valence-corrected chi connectivity index (χ3v) is 4.69. The van der Waals surface area contributed by atoms with Crippen LogP contribution in [0.2, 0.25) is 0 Å². The fourth-order valence-electron chi connectivity index (χ4n) is 2.98. The molecule has 0 saturated heterocycles. The van der Waals surface area contributed by atoms with Crippen LogP contribution in [0.4, 0.5) is 11.4 Å². The van der Waals surface area contributed by atoms with E-state index in [1.807, 2.05) is 0 Å². The van der Waals surface area contributed by atoms with E-state index >= 15 is 0 Å². The van der Waals surface area contributed by atoms with E-state index in [9.17, 15) is 33.9 Å². The number of H-pyrrole nitrogens is 2. The van der Waals surface area contributed by atoms with Crippen molar-refractivity contribution in [2.24, 2.45) is 10.2 Å². The molecule has 1 heterocycles. The number of carbonyl (C=O) groups is 4. The van der Waals surface area contributed by atoms with Crippen molar-refractivity contribution in [3.63, 3.8) is 0 Å². The second-order valence-corrected chi connectivity index (χ2v) is 7.07. The largest absolute Gasteiger partial charge is 0.494 e. The molecule has 0 saturated carbocycles. The fourth-order valence-corrected chi connectivity index (χ4v) is 2.98. The number of aromatic amines is 2. The van der Waals surface area contributed by atoms with E-state index in [4.69, 9.17) is 9.84 Å². The molecule has 14 nitrogen and oxygen atoms in total. The van der Waals surface area contributed by atoms with Crippen molar-refractivity contribution in [1.29, 1.82) is 0 Å². The van der Waals surface area contributed by atoms with Crippen molar-refractivity contribution in [2.45, 2.75) is 13.0 Å². The molecule has 0 aliphatic carbocycles. The summed E-state index contributed by atoms with van der Waals surface area (Å²) >= 11 is 0. The van der Waals surface area contributed by atoms with Gasteiger partial charge in [-0.25, -0.2) is 9.59 Å². The number of fused-ring (bicyclic) bond motifs is 1. The van der Waals surface area contributed by atoms with Gasteiger partial charge in [0.05, 0.1) is 35.0 Å². The number of azo groups is 1. The van der Waals surface area contributed by atoms with Gasteiger partial charge in [-0.2, -0.15) is 10.2 Å². The molecule has 180 valence electrons. The number of carbonyl (C=O) groups excluding carboxylic acids is 2. The van der Waals surface area contributed by atoms with Crippen molar-refractivity contribution in [1.82, 2.24) is 9.97 Å². The first kappa shape index (κ1) is 24.5. The number of rotatable bonds is 8. The maximum Gasteiger partial charge on any atom is 0.337 e. The maximum atomic E-state index is 12.8. The minimum absolute atomic E-state index is 0.0215. The number of ketones is 1. The molecule has 1 unspecified atom stereocenters. The highest BCUT2D eigenvalue weighted by molar-refractivity contribution is 6.11. The van der Waals surface area contributed by atoms with Crippen molar-refractivity contribution < 1.29 is 34.1 Å². The Balaban J connectivity index is 1.98. The molecule has 3 aromatic rings. The Morgan fingerprint density at radius 3 is 2.14 bits per heavy atom. The lowest BCUT2D eigenvalue weighted by atomic mass is 10.1. The number of anilines is 1. The van der Waals surface area contributed by atoms with Crippen molar-refractivity contribution in [2.75, 3.05) is 12.4 Å². The van der Waals surface area contributed by atoms with Gasteiger partial charge in [-0.05, 0) is 31.2 Å². The van der Waals surface area contributed by atoms with Gasteiger partial charge in [0.15, 0.2) is 5.78 Å². The summed E-state index contributed by atoms with van der Waals surface area (Å²) in [6, 6.07) is 3.89. The number of nitrogens with one attached hydrogen (secondary N) is 3. The molecule has 0 aliphatic heterocycles. The normalized spacial score (nSPS) is 11.8. The zero-order chi connectivity index (χ0) is 25.9. The van der Waals surface area contributed by atoms with E-state index in [0.29, 0.717) is 0 Å². The number of Topliss-reactive ketones (excluding diaryl/α,β-unsaturated/α-hetero) is 1. The number of hydrogen-bond donors (Lipinski definition) is 5. The standard InChI is InChI=1S/C21H17N5O9/c1-8(27)16(26-25-11-5-9(20(31)32)3-4-10(11)21(33)34)17(28)24-14-6-12-13(7-15(14)35-2)23-19(30)18(29)22-12/h3-7,16H,1-2H3,(H,22,29)(H,23,30)(H,24,28)(H,31,32)(H,33,34)/b26-25+. The molecule has 5 N–H and O–H groups in total. The zero-order valence-corrected chi connectivity index (χ0v) is 18.1. The molecule has 0 fully saturated rings. The van der Waals surface area contributed by atoms with Crippen LogP contribution in [0.3, 0.4) is 0 Å². The lowest BCUT2D eigenvalue weighted by molar-refractivity contribution is -0.126. The summed E-state index contributed by atoms with van der Waals surface area (Å²) in [5.74, 6) is -4.42. The first-order valence-corrected chi connectivity index (χ1v) is 9.69. The van der Waals surface area contributed by atoms with Gasteiger partial charge in [-0.1, -0.05) is 0 Å². The average molecular weight is 483 g/mol. The van der Waals surface area contributed by atoms with Crippen molar-refractivity contribution in [3.8, 4) is 5.75 Å². The minimum atomic E-state index is -1.74. The molecule has 0 spiro atoms. The van der Waals surface area contributed by atoms with Gasteiger partial charge in [0.25, 0.3) is 5.91 Å². The van der Waals surface area contributed by atoms with E-state index in [0.717, 1.165) is 25.1 Å². The number of hydrogen-bond acceptors (Lipinski definition) is 9. The lowest BCUT2D eigenvalue weighted by Crippen LogP contribution is -2.32. The summed E-state index contributed by atoms with van der Waals surface area (Å²) in [6.07, 6.45) is 0. The van der Waals surface area contributed by atoms with Crippen LogP contribution in [0.25, 0.3) is 11.0 Å². The van der Waals surface area contributed by atoms with Crippen LogP contribution in [0.1, 0.15) is 27.6 Å². The summed E-state index contributed by atoms with van der Waals surface area (Å²) in [5.41, 5.74) is -2.46. The van der Waals surface area contributed by atoms with Crippen molar-refractivity contribution in [3.05, 3.63) is 62.2 Å². The third-order valence-electron chi connectivity index (χ3n) is 4.69. The van der Waals surface area contributed by atoms with E-state index in [1.54, 1.807) is 0 Å². The van der Waals surface area contributed by atoms with Gasteiger partial charge in [-0.15, -0.1) is 0 Å². The Morgan fingerprint density at radius 1 is 0.971 bits per heavy atom. The van der Waals surface area contributed by atoms with Crippen LogP contribution in [-0.4, -0.2) is 57.0 Å². The van der Waals surface area contributed by atoms with Gasteiger partial charge < -0.3 is 30.2 Å². The highest BCUT2D eigenvalue weighted by atomic mass is 16.5. The number of ether oxygens (including phenoxy) is 1. The molecule has 1 amide bonds. The molecule has 0 bridgehead atoms. The molecule has 2 aromatic carbocycles. The number of carboxylic acid groups (broad SMARTS) is 2. The Morgan fingerprint density at radius 2 is 1.60 bits per heavy atom. The highest BCUT2D eigenvalue weighted by Gasteiger charge is 2.25. The Hall–Kier alpha value is -5.14. The molecule has 0 radical (unpaired) electrons. The molecular formula is C21H17N5O9. The highest BCUT2D eigenvalue weighted by Crippen LogP contribution is 2.28. The lowest BCUT2D eigenvalue weighted by Gasteiger charge is -2.13. The number of benzene rings is 2. The summed E-state index contributed by atoms with van der Waals surface area (Å²) in [6.45, 7) is 1.05. The Labute approximate surface area is 194 Å². The number of nitrogens with zero attached hydrogens (tertiary/aromatic N) is 2. The zero-order valence-electron chi connectivity index (χ0n) is 18.1. The van der Waals surface area contributed by atoms with E-state index in [1.165, 1.54) is 19.2 Å². The molecule has 3 rings (SSSR count). The van der Waals surface area contributed by atoms with Gasteiger partial charge >= 0.3 is 23.1 Å². The van der Waals surface area contributed by atoms with Gasteiger partial charge in [0.2, 0.25) is 6.04 Å². The molecular weight excluding hydrogens is 466 g/mol. The van der Waals surface area contributed by atoms with E-state index < -0.39 is 46.4 Å². The van der Waals surface area contributed by atoms with Crippen molar-refractivity contribution >= 4 is 46.0 Å². The number of amides is 1. The fraction of sp³-hybridized carbons (Fsp3) is 0.143. The first-order valence-electron chi connectivity index (χ1n) is 9.69. The maximum absolute atomic E-state index is 12.8. The smallest absolute Gasteiger partial charge is 0.337 e. The first-order chi connectivity index (χ1) is 16.5. The molecule has 1 atom stereocenters. The predicted octanol–water partition coefficient (Wildman–Crippen LogP) is 1.30. The van der Waals surface area contributed by atoms with E-state index in [-0.39, 0.29) is 33.7 Å². The Kier molecular flexibility index (Phi) is 6.85. The monoisotopic (exact) mass is 483 g/mol. The number of carboxylic acids is 2. The van der Waals surface area contributed by atoms with Gasteiger partial charge in [-0.3, -0.25) is 19.2 Å². The number of methoxy groups -OCH3 is 1. The predicted molar refractivity (Wildman–Crippen MR) is 120 cm³/mol. The van der Waals surface area contributed by atoms with Crippen LogP contribution >= 0.6 is 0 Å². The number of aromatic nitrogens is 2.